The lowest BCUT2D eigenvalue weighted by molar-refractivity contribution is -0.125. The van der Waals surface area contributed by atoms with Crippen LogP contribution in [-0.2, 0) is 4.79 Å². The number of carbonyl (C=O) groups is 2. The summed E-state index contributed by atoms with van der Waals surface area (Å²) in [5, 5.41) is 6.22. The number of fused-ring (bicyclic) bond motifs is 1. The second-order valence-corrected chi connectivity index (χ2v) is 11.2. The molecule has 206 valence electrons. The SMILES string of the molecule is COc1cc(C(=O)NCCCN(C)C)ccc1Nc1ncc2c(n1)N(C1CCCC1)CC(C)(C)C(=O)N2C. The van der Waals surface area contributed by atoms with E-state index in [0.29, 0.717) is 47.8 Å². The maximum atomic E-state index is 13.2. The molecular weight excluding hydrogens is 482 g/mol. The number of hydrogen-bond acceptors (Lipinski definition) is 8. The van der Waals surface area contributed by atoms with Crippen molar-refractivity contribution in [2.75, 3.05) is 63.0 Å². The Bertz CT molecular complexity index is 1160. The summed E-state index contributed by atoms with van der Waals surface area (Å²) in [6, 6.07) is 5.62. The van der Waals surface area contributed by atoms with E-state index in [1.807, 2.05) is 27.9 Å². The number of rotatable bonds is 9. The van der Waals surface area contributed by atoms with Gasteiger partial charge >= 0.3 is 0 Å². The molecule has 1 aromatic carbocycles. The Kier molecular flexibility index (Phi) is 8.40. The van der Waals surface area contributed by atoms with E-state index in [4.69, 9.17) is 9.72 Å². The Labute approximate surface area is 225 Å². The van der Waals surface area contributed by atoms with E-state index in [0.717, 1.165) is 31.6 Å². The number of anilines is 4. The third-order valence-corrected chi connectivity index (χ3v) is 7.38. The standard InChI is InChI=1S/C28H41N7O3/c1-28(2)18-35(20-10-7-8-11-20)24-22(34(5)26(28)37)17-30-27(32-24)31-21-13-12-19(16-23(21)38-6)25(36)29-14-9-15-33(3)4/h12-13,16-17,20H,7-11,14-15,18H2,1-6H3,(H,29,36)(H,30,31,32). The number of nitrogens with zero attached hydrogens (tertiary/aromatic N) is 5. The first-order valence-electron chi connectivity index (χ1n) is 13.4. The number of amides is 2. The summed E-state index contributed by atoms with van der Waals surface area (Å²) in [5.41, 5.74) is 1.35. The quantitative estimate of drug-likeness (QED) is 0.480. The molecule has 0 saturated heterocycles. The molecule has 0 radical (unpaired) electrons. The molecule has 1 aromatic heterocycles. The number of nitrogens with one attached hydrogen (secondary N) is 2. The van der Waals surface area contributed by atoms with E-state index in [2.05, 4.69) is 25.4 Å². The summed E-state index contributed by atoms with van der Waals surface area (Å²) < 4.78 is 5.59. The molecule has 0 bridgehead atoms. The monoisotopic (exact) mass is 523 g/mol. The third-order valence-electron chi connectivity index (χ3n) is 7.38. The molecule has 1 aliphatic heterocycles. The van der Waals surface area contributed by atoms with Crippen molar-refractivity contribution in [3.8, 4) is 5.75 Å². The number of ether oxygens (including phenoxy) is 1. The first-order chi connectivity index (χ1) is 18.1. The Hall–Kier alpha value is -3.40. The average Bonchev–Trinajstić information content (AvgIpc) is 3.41. The Morgan fingerprint density at radius 2 is 1.97 bits per heavy atom. The van der Waals surface area contributed by atoms with Crippen LogP contribution in [0.4, 0.5) is 23.1 Å². The second kappa shape index (κ2) is 11.6. The number of benzene rings is 1. The van der Waals surface area contributed by atoms with Crippen LogP contribution in [0.15, 0.2) is 24.4 Å². The molecule has 0 spiro atoms. The lowest BCUT2D eigenvalue weighted by atomic mass is 9.91. The molecule has 10 heteroatoms. The Morgan fingerprint density at radius 1 is 1.24 bits per heavy atom. The van der Waals surface area contributed by atoms with Gasteiger partial charge in [0.2, 0.25) is 11.9 Å². The zero-order valence-corrected chi connectivity index (χ0v) is 23.5. The minimum absolute atomic E-state index is 0.0563. The Morgan fingerprint density at radius 3 is 2.66 bits per heavy atom. The normalized spacial score (nSPS) is 17.4. The van der Waals surface area contributed by atoms with Gasteiger partial charge in [-0.15, -0.1) is 0 Å². The highest BCUT2D eigenvalue weighted by molar-refractivity contribution is 6.01. The van der Waals surface area contributed by atoms with E-state index >= 15 is 0 Å². The lowest BCUT2D eigenvalue weighted by Gasteiger charge is -2.34. The smallest absolute Gasteiger partial charge is 0.251 e. The van der Waals surface area contributed by atoms with Crippen LogP contribution >= 0.6 is 0 Å². The van der Waals surface area contributed by atoms with Crippen molar-refractivity contribution < 1.29 is 14.3 Å². The summed E-state index contributed by atoms with van der Waals surface area (Å²) in [6.07, 6.45) is 7.14. The van der Waals surface area contributed by atoms with Gasteiger partial charge in [0.15, 0.2) is 5.82 Å². The van der Waals surface area contributed by atoms with Gasteiger partial charge < -0.3 is 30.1 Å². The van der Waals surface area contributed by atoms with Crippen molar-refractivity contribution in [3.05, 3.63) is 30.0 Å². The van der Waals surface area contributed by atoms with E-state index in [1.165, 1.54) is 12.8 Å². The largest absolute Gasteiger partial charge is 0.495 e. The van der Waals surface area contributed by atoms with Gasteiger partial charge in [-0.3, -0.25) is 9.59 Å². The number of aromatic nitrogens is 2. The fourth-order valence-electron chi connectivity index (χ4n) is 5.28. The molecule has 2 amide bonds. The zero-order chi connectivity index (χ0) is 27.4. The minimum Gasteiger partial charge on any atom is -0.495 e. The second-order valence-electron chi connectivity index (χ2n) is 11.2. The molecule has 2 aliphatic rings. The third kappa shape index (κ3) is 6.01. The topological polar surface area (TPSA) is 103 Å². The predicted molar refractivity (Wildman–Crippen MR) is 151 cm³/mol. The van der Waals surface area contributed by atoms with Crippen LogP contribution in [0, 0.1) is 5.41 Å². The molecular formula is C28H41N7O3. The molecule has 1 aliphatic carbocycles. The highest BCUT2D eigenvalue weighted by Crippen LogP contribution is 2.40. The molecule has 10 nitrogen and oxygen atoms in total. The molecule has 1 saturated carbocycles. The van der Waals surface area contributed by atoms with Gasteiger partial charge in [0.1, 0.15) is 11.4 Å². The van der Waals surface area contributed by atoms with Crippen LogP contribution in [-0.4, -0.2) is 80.6 Å². The lowest BCUT2D eigenvalue weighted by Crippen LogP contribution is -2.45. The van der Waals surface area contributed by atoms with Crippen molar-refractivity contribution >= 4 is 35.0 Å². The van der Waals surface area contributed by atoms with Crippen LogP contribution in [0.3, 0.4) is 0 Å². The molecule has 1 fully saturated rings. The predicted octanol–water partition coefficient (Wildman–Crippen LogP) is 3.66. The van der Waals surface area contributed by atoms with Crippen molar-refractivity contribution in [1.29, 1.82) is 0 Å². The molecule has 2 N–H and O–H groups in total. The first kappa shape index (κ1) is 27.6. The molecule has 4 rings (SSSR count). The summed E-state index contributed by atoms with van der Waals surface area (Å²) in [4.78, 5) is 41.4. The first-order valence-corrected chi connectivity index (χ1v) is 13.4. The van der Waals surface area contributed by atoms with Gasteiger partial charge in [-0.2, -0.15) is 4.98 Å². The van der Waals surface area contributed by atoms with Crippen LogP contribution in [0.1, 0.15) is 56.3 Å². The van der Waals surface area contributed by atoms with Gasteiger partial charge in [0.25, 0.3) is 5.91 Å². The van der Waals surface area contributed by atoms with Crippen molar-refractivity contribution in [3.63, 3.8) is 0 Å². The summed E-state index contributed by atoms with van der Waals surface area (Å²) in [7, 11) is 7.39. The summed E-state index contributed by atoms with van der Waals surface area (Å²) in [6.45, 7) is 6.11. The van der Waals surface area contributed by atoms with Crippen molar-refractivity contribution in [2.24, 2.45) is 5.41 Å². The molecule has 2 heterocycles. The van der Waals surface area contributed by atoms with E-state index in [-0.39, 0.29) is 11.8 Å². The van der Waals surface area contributed by atoms with Crippen LogP contribution < -0.4 is 25.2 Å². The maximum Gasteiger partial charge on any atom is 0.251 e. The van der Waals surface area contributed by atoms with E-state index in [1.54, 1.807) is 43.5 Å². The van der Waals surface area contributed by atoms with Crippen LogP contribution in [0.2, 0.25) is 0 Å². The summed E-state index contributed by atoms with van der Waals surface area (Å²) in [5.74, 6) is 1.61. The van der Waals surface area contributed by atoms with Crippen LogP contribution in [0.25, 0.3) is 0 Å². The number of methoxy groups -OCH3 is 1. The highest BCUT2D eigenvalue weighted by Gasteiger charge is 2.41. The van der Waals surface area contributed by atoms with E-state index in [9.17, 15) is 9.59 Å². The number of carbonyl (C=O) groups excluding carboxylic acids is 2. The number of hydrogen-bond donors (Lipinski definition) is 2. The van der Waals surface area contributed by atoms with Gasteiger partial charge in [-0.1, -0.05) is 12.8 Å². The van der Waals surface area contributed by atoms with Gasteiger partial charge in [0, 0.05) is 31.7 Å². The zero-order valence-electron chi connectivity index (χ0n) is 23.5. The highest BCUT2D eigenvalue weighted by atomic mass is 16.5. The van der Waals surface area contributed by atoms with Gasteiger partial charge in [-0.25, -0.2) is 4.98 Å². The average molecular weight is 524 g/mol. The van der Waals surface area contributed by atoms with Crippen molar-refractivity contribution in [1.82, 2.24) is 20.2 Å². The molecule has 0 unspecified atom stereocenters. The minimum atomic E-state index is -0.544. The maximum absolute atomic E-state index is 13.2. The fourth-order valence-corrected chi connectivity index (χ4v) is 5.28. The van der Waals surface area contributed by atoms with Crippen LogP contribution in [0.5, 0.6) is 5.75 Å². The fraction of sp³-hybridized carbons (Fsp3) is 0.571. The van der Waals surface area contributed by atoms with Gasteiger partial charge in [0.05, 0.1) is 24.4 Å². The molecule has 0 atom stereocenters. The van der Waals surface area contributed by atoms with E-state index < -0.39 is 5.41 Å². The molecule has 2 aromatic rings. The van der Waals surface area contributed by atoms with Crippen molar-refractivity contribution in [2.45, 2.75) is 52.0 Å². The Balaban J connectivity index is 1.58. The summed E-state index contributed by atoms with van der Waals surface area (Å²) >= 11 is 0. The molecule has 38 heavy (non-hydrogen) atoms. The van der Waals surface area contributed by atoms with Gasteiger partial charge in [-0.05, 0) is 71.9 Å².